The van der Waals surface area contributed by atoms with Gasteiger partial charge in [0.05, 0.1) is 3.79 Å². The predicted molar refractivity (Wildman–Crippen MR) is 87.5 cm³/mol. The quantitative estimate of drug-likeness (QED) is 0.700. The molecule has 1 atom stereocenters. The highest BCUT2D eigenvalue weighted by atomic mass is 79.9. The second-order valence-electron chi connectivity index (χ2n) is 5.40. The molecule has 0 fully saturated rings. The maximum absolute atomic E-state index is 12.3. The maximum Gasteiger partial charge on any atom is 0.345 e. The van der Waals surface area contributed by atoms with E-state index in [1.165, 1.54) is 6.07 Å². The van der Waals surface area contributed by atoms with Crippen LogP contribution in [0.2, 0.25) is 0 Å². The van der Waals surface area contributed by atoms with Crippen molar-refractivity contribution in [2.45, 2.75) is 51.0 Å². The molecule has 1 aromatic rings. The summed E-state index contributed by atoms with van der Waals surface area (Å²) in [5.41, 5.74) is 0. The summed E-state index contributed by atoms with van der Waals surface area (Å²) < 4.78 is 27.4. The Morgan fingerprint density at radius 3 is 2.48 bits per heavy atom. The van der Waals surface area contributed by atoms with E-state index in [1.54, 1.807) is 0 Å². The third-order valence-corrected chi connectivity index (χ3v) is 6.76. The van der Waals surface area contributed by atoms with Crippen LogP contribution < -0.4 is 4.72 Å². The highest BCUT2D eigenvalue weighted by molar-refractivity contribution is 9.11. The molecule has 1 aromatic heterocycles. The molecular weight excluding hydrogens is 378 g/mol. The van der Waals surface area contributed by atoms with Crippen molar-refractivity contribution < 1.29 is 18.3 Å². The van der Waals surface area contributed by atoms with Crippen LogP contribution in [0.4, 0.5) is 0 Å². The van der Waals surface area contributed by atoms with E-state index >= 15 is 0 Å². The van der Waals surface area contributed by atoms with Gasteiger partial charge in [0.2, 0.25) is 10.0 Å². The van der Waals surface area contributed by atoms with E-state index in [0.717, 1.165) is 30.6 Å². The minimum Gasteiger partial charge on any atom is -0.477 e. The van der Waals surface area contributed by atoms with Crippen molar-refractivity contribution in [1.29, 1.82) is 0 Å². The lowest BCUT2D eigenvalue weighted by Crippen LogP contribution is -2.32. The molecule has 1 rings (SSSR count). The van der Waals surface area contributed by atoms with Gasteiger partial charge in [-0.1, -0.05) is 26.7 Å². The number of carboxylic acids is 1. The molecule has 0 aliphatic carbocycles. The number of hydrogen-bond acceptors (Lipinski definition) is 4. The van der Waals surface area contributed by atoms with E-state index in [0.29, 0.717) is 9.70 Å². The van der Waals surface area contributed by atoms with E-state index in [2.05, 4.69) is 34.5 Å². The van der Waals surface area contributed by atoms with Crippen molar-refractivity contribution in [3.05, 3.63) is 14.7 Å². The van der Waals surface area contributed by atoms with Gasteiger partial charge < -0.3 is 5.11 Å². The summed E-state index contributed by atoms with van der Waals surface area (Å²) in [6.07, 6.45) is 2.76. The highest BCUT2D eigenvalue weighted by Crippen LogP contribution is 2.31. The molecule has 8 heteroatoms. The summed E-state index contributed by atoms with van der Waals surface area (Å²) in [6, 6.07) is 0.995. The van der Waals surface area contributed by atoms with Crippen LogP contribution in [0.5, 0.6) is 0 Å². The number of sulfonamides is 1. The van der Waals surface area contributed by atoms with Gasteiger partial charge in [0.25, 0.3) is 0 Å². The molecule has 21 heavy (non-hydrogen) atoms. The number of carboxylic acid groups (broad SMARTS) is 1. The second kappa shape index (κ2) is 7.71. The molecule has 0 aliphatic rings. The summed E-state index contributed by atoms with van der Waals surface area (Å²) in [5.74, 6) is -0.537. The predicted octanol–water partition coefficient (Wildman–Crippen LogP) is 3.70. The zero-order valence-corrected chi connectivity index (χ0v) is 15.4. The zero-order valence-electron chi connectivity index (χ0n) is 12.2. The van der Waals surface area contributed by atoms with Crippen molar-refractivity contribution in [2.24, 2.45) is 5.92 Å². The normalized spacial score (nSPS) is 13.6. The van der Waals surface area contributed by atoms with Gasteiger partial charge in [0, 0.05) is 6.04 Å². The Morgan fingerprint density at radius 2 is 2.00 bits per heavy atom. The Bertz CT molecular complexity index is 595. The van der Waals surface area contributed by atoms with Crippen molar-refractivity contribution in [2.75, 3.05) is 0 Å². The first-order valence-electron chi connectivity index (χ1n) is 6.68. The number of nitrogens with one attached hydrogen (secondary N) is 1. The molecule has 0 saturated carbocycles. The Balaban J connectivity index is 2.75. The highest BCUT2D eigenvalue weighted by Gasteiger charge is 2.24. The topological polar surface area (TPSA) is 83.5 Å². The third-order valence-electron chi connectivity index (χ3n) is 2.93. The van der Waals surface area contributed by atoms with Crippen LogP contribution in [0.15, 0.2) is 14.7 Å². The van der Waals surface area contributed by atoms with Crippen LogP contribution in [0.3, 0.4) is 0 Å². The molecule has 0 bridgehead atoms. The Hall–Kier alpha value is -0.440. The van der Waals surface area contributed by atoms with Gasteiger partial charge in [-0.2, -0.15) is 0 Å². The largest absolute Gasteiger partial charge is 0.477 e. The first-order chi connectivity index (χ1) is 9.63. The minimum absolute atomic E-state index is 0.00490. The van der Waals surface area contributed by atoms with Crippen molar-refractivity contribution in [1.82, 2.24) is 4.72 Å². The van der Waals surface area contributed by atoms with Gasteiger partial charge in [-0.05, 0) is 41.3 Å². The Kier molecular flexibility index (Phi) is 6.83. The lowest BCUT2D eigenvalue weighted by molar-refractivity contribution is 0.0702. The molecule has 0 radical (unpaired) electrons. The van der Waals surface area contributed by atoms with Crippen LogP contribution in [-0.4, -0.2) is 25.5 Å². The molecule has 5 nitrogen and oxygen atoms in total. The molecular formula is C13H20BrNO4S2. The van der Waals surface area contributed by atoms with Gasteiger partial charge in [0.1, 0.15) is 9.77 Å². The van der Waals surface area contributed by atoms with E-state index < -0.39 is 16.0 Å². The summed E-state index contributed by atoms with van der Waals surface area (Å²) >= 11 is 4.02. The fraction of sp³-hybridized carbons (Fsp3) is 0.615. The summed E-state index contributed by atoms with van der Waals surface area (Å²) in [7, 11) is -3.70. The zero-order chi connectivity index (χ0) is 16.2. The molecule has 1 heterocycles. The smallest absolute Gasteiger partial charge is 0.345 e. The van der Waals surface area contributed by atoms with Crippen molar-refractivity contribution >= 4 is 43.3 Å². The fourth-order valence-corrected chi connectivity index (χ4v) is 5.54. The first kappa shape index (κ1) is 18.6. The average Bonchev–Trinajstić information content (AvgIpc) is 2.71. The monoisotopic (exact) mass is 397 g/mol. The standard InChI is InChI=1S/C13H20BrNO4S2/c1-8(2)5-4-6-9(3)15-21(18,19)11-7-10(13(16)17)20-12(11)14/h7-9,15H,4-6H2,1-3H3,(H,16,17). The Labute approximate surface area is 137 Å². The molecule has 0 spiro atoms. The van der Waals surface area contributed by atoms with E-state index in [1.807, 2.05) is 6.92 Å². The molecule has 0 saturated heterocycles. The fourth-order valence-electron chi connectivity index (χ4n) is 1.86. The number of thiophene rings is 1. The van der Waals surface area contributed by atoms with Crippen LogP contribution in [-0.2, 0) is 10.0 Å². The number of hydrogen-bond donors (Lipinski definition) is 2. The van der Waals surface area contributed by atoms with Gasteiger partial charge in [0.15, 0.2) is 0 Å². The van der Waals surface area contributed by atoms with Crippen LogP contribution in [0.1, 0.15) is 49.7 Å². The van der Waals surface area contributed by atoms with Crippen LogP contribution in [0.25, 0.3) is 0 Å². The molecule has 0 amide bonds. The third kappa shape index (κ3) is 5.69. The number of rotatable bonds is 8. The van der Waals surface area contributed by atoms with Gasteiger partial charge >= 0.3 is 5.97 Å². The number of carbonyl (C=O) groups is 1. The lowest BCUT2D eigenvalue weighted by atomic mass is 10.0. The van der Waals surface area contributed by atoms with Crippen LogP contribution >= 0.6 is 27.3 Å². The van der Waals surface area contributed by atoms with Gasteiger partial charge in [-0.25, -0.2) is 17.9 Å². The lowest BCUT2D eigenvalue weighted by Gasteiger charge is -2.14. The van der Waals surface area contributed by atoms with Crippen molar-refractivity contribution in [3.63, 3.8) is 0 Å². The SMILES string of the molecule is CC(C)CCCC(C)NS(=O)(=O)c1cc(C(=O)O)sc1Br. The van der Waals surface area contributed by atoms with Gasteiger partial charge in [-0.15, -0.1) is 11.3 Å². The average molecular weight is 398 g/mol. The summed E-state index contributed by atoms with van der Waals surface area (Å²) in [5, 5.41) is 8.91. The summed E-state index contributed by atoms with van der Waals surface area (Å²) in [4.78, 5) is 10.9. The molecule has 2 N–H and O–H groups in total. The minimum atomic E-state index is -3.70. The number of aromatic carboxylic acids is 1. The summed E-state index contributed by atoms with van der Waals surface area (Å²) in [6.45, 7) is 6.08. The van der Waals surface area contributed by atoms with E-state index in [9.17, 15) is 13.2 Å². The van der Waals surface area contributed by atoms with E-state index in [4.69, 9.17) is 5.11 Å². The number of halogens is 1. The second-order valence-corrected chi connectivity index (χ2v) is 9.45. The maximum atomic E-state index is 12.3. The van der Waals surface area contributed by atoms with Crippen molar-refractivity contribution in [3.8, 4) is 0 Å². The molecule has 1 unspecified atom stereocenters. The first-order valence-corrected chi connectivity index (χ1v) is 9.77. The van der Waals surface area contributed by atoms with Crippen LogP contribution in [0, 0.1) is 5.92 Å². The van der Waals surface area contributed by atoms with E-state index in [-0.39, 0.29) is 15.8 Å². The molecule has 120 valence electrons. The Morgan fingerprint density at radius 1 is 1.38 bits per heavy atom. The molecule has 0 aliphatic heterocycles. The molecule has 0 aromatic carbocycles. The van der Waals surface area contributed by atoms with Gasteiger partial charge in [-0.3, -0.25) is 0 Å².